The molecule has 3 aliphatic heterocycles. The van der Waals surface area contributed by atoms with Crippen molar-refractivity contribution in [3.63, 3.8) is 0 Å². The van der Waals surface area contributed by atoms with E-state index in [1.54, 1.807) is 6.07 Å². The molecule has 0 saturated carbocycles. The number of nitrogens with zero attached hydrogens (tertiary/aromatic N) is 2. The van der Waals surface area contributed by atoms with Gasteiger partial charge >= 0.3 is 35.5 Å². The van der Waals surface area contributed by atoms with Crippen LogP contribution in [0.3, 0.4) is 0 Å². The quantitative estimate of drug-likeness (QED) is 0.0879. The van der Waals surface area contributed by atoms with Crippen molar-refractivity contribution in [2.24, 2.45) is 11.8 Å². The number of carboxylic acids is 1. The van der Waals surface area contributed by atoms with Gasteiger partial charge < -0.3 is 35.3 Å². The predicted octanol–water partition coefficient (Wildman–Crippen LogP) is -1.82. The Balaban J connectivity index is 0.00000442. The second-order valence-corrected chi connectivity index (χ2v) is 12.1. The van der Waals surface area contributed by atoms with E-state index in [-0.39, 0.29) is 76.1 Å². The summed E-state index contributed by atoms with van der Waals surface area (Å²) in [6, 6.07) is 10.3. The van der Waals surface area contributed by atoms with Gasteiger partial charge in [0, 0.05) is 40.4 Å². The van der Waals surface area contributed by atoms with Gasteiger partial charge in [-0.25, -0.2) is 4.79 Å². The number of esters is 1. The number of β-lactam (4-membered cyclic amide) rings is 1. The first-order valence-electron chi connectivity index (χ1n) is 13.6. The molecule has 13 nitrogen and oxygen atoms in total. The van der Waals surface area contributed by atoms with Crippen molar-refractivity contribution in [2.75, 3.05) is 11.9 Å². The number of fused-ring (bicyclic) bond motifs is 1. The van der Waals surface area contributed by atoms with E-state index >= 15 is 0 Å². The van der Waals surface area contributed by atoms with E-state index in [0.717, 1.165) is 0 Å². The number of nitro benzene ring substituents is 1. The van der Waals surface area contributed by atoms with Gasteiger partial charge in [-0.2, -0.15) is 0 Å². The standard InChI is InChI=1S/C29H30N4O9S.Na/c1-14-23-22(15(2)34)27(36)32(23)24(29(39)42-13-16-6-8-19(9-7-16)33(40)41)25(14)43-20-11-21(30-12-20)26(35)31-18-5-3-4-17(10-18)28(37)38;/h3-10,14-15,20-23,30,34H,11-13H2,1-2H3,(H,31,35)(H,37,38);/q;+1/p-1/t14-,15-,20+,21+,22-,23-;/m1./s1. The van der Waals surface area contributed by atoms with Crippen LogP contribution in [-0.4, -0.2) is 68.7 Å². The number of aromatic carboxylic acids is 1. The third-order valence-corrected chi connectivity index (χ3v) is 9.40. The molecule has 3 N–H and O–H groups in total. The van der Waals surface area contributed by atoms with Gasteiger partial charge in [-0.05, 0) is 48.7 Å². The van der Waals surface area contributed by atoms with Crippen LogP contribution < -0.4 is 45.3 Å². The molecule has 2 amide bonds. The Bertz CT molecular complexity index is 1520. The average molecular weight is 633 g/mol. The van der Waals surface area contributed by atoms with Gasteiger partial charge in [0.05, 0.1) is 35.0 Å². The van der Waals surface area contributed by atoms with Crippen LogP contribution in [0.15, 0.2) is 59.1 Å². The van der Waals surface area contributed by atoms with E-state index in [4.69, 9.17) is 4.74 Å². The molecule has 3 heterocycles. The fourth-order valence-corrected chi connectivity index (χ4v) is 7.20. The first kappa shape index (κ1) is 33.6. The van der Waals surface area contributed by atoms with Crippen molar-refractivity contribution >= 4 is 46.9 Å². The van der Waals surface area contributed by atoms with Crippen molar-refractivity contribution in [3.05, 3.63) is 80.4 Å². The number of ether oxygens (including phenoxy) is 1. The molecule has 0 unspecified atom stereocenters. The summed E-state index contributed by atoms with van der Waals surface area (Å²) in [5.41, 5.74) is 0.810. The summed E-state index contributed by atoms with van der Waals surface area (Å²) in [4.78, 5) is 62.9. The number of rotatable bonds is 10. The molecule has 0 bridgehead atoms. The van der Waals surface area contributed by atoms with Gasteiger partial charge in [0.15, 0.2) is 0 Å². The number of nitro groups is 1. The molecule has 15 heteroatoms. The van der Waals surface area contributed by atoms with Crippen LogP contribution in [-0.2, 0) is 25.7 Å². The Labute approximate surface area is 278 Å². The van der Waals surface area contributed by atoms with Gasteiger partial charge in [-0.15, -0.1) is 11.8 Å². The smallest absolute Gasteiger partial charge is 0.545 e. The summed E-state index contributed by atoms with van der Waals surface area (Å²) in [6.45, 7) is 3.69. The Morgan fingerprint density at radius 1 is 1.23 bits per heavy atom. The summed E-state index contributed by atoms with van der Waals surface area (Å²) in [6.07, 6.45) is -0.509. The van der Waals surface area contributed by atoms with Gasteiger partial charge in [0.2, 0.25) is 11.8 Å². The van der Waals surface area contributed by atoms with Crippen LogP contribution >= 0.6 is 11.8 Å². The molecule has 6 atom stereocenters. The fraction of sp³-hybridized carbons (Fsp3) is 0.379. The fourth-order valence-electron chi connectivity index (χ4n) is 5.73. The van der Waals surface area contributed by atoms with Gasteiger partial charge in [0.1, 0.15) is 12.3 Å². The number of carbonyl (C=O) groups is 4. The molecule has 2 aromatic carbocycles. The summed E-state index contributed by atoms with van der Waals surface area (Å²) >= 11 is 1.38. The van der Waals surface area contributed by atoms with Gasteiger partial charge in [0.25, 0.3) is 5.69 Å². The molecule has 5 rings (SSSR count). The van der Waals surface area contributed by atoms with E-state index in [0.29, 0.717) is 29.1 Å². The number of benzene rings is 2. The Morgan fingerprint density at radius 3 is 2.57 bits per heavy atom. The number of amides is 2. The molecule has 2 fully saturated rings. The number of aliphatic hydroxyl groups excluding tert-OH is 1. The molecule has 3 aliphatic rings. The normalized spacial score (nSPS) is 24.6. The van der Waals surface area contributed by atoms with Gasteiger partial charge in [-0.3, -0.25) is 19.7 Å². The third kappa shape index (κ3) is 6.70. The van der Waals surface area contributed by atoms with Crippen LogP contribution in [0.25, 0.3) is 0 Å². The molecule has 2 saturated heterocycles. The summed E-state index contributed by atoms with van der Waals surface area (Å²) in [5, 5.41) is 38.1. The maximum Gasteiger partial charge on any atom is 1.00 e. The predicted molar refractivity (Wildman–Crippen MR) is 152 cm³/mol. The molecular weight excluding hydrogens is 603 g/mol. The molecular formula is C29H29N4NaO9S. The van der Waals surface area contributed by atoms with Crippen molar-refractivity contribution in [3.8, 4) is 0 Å². The molecule has 44 heavy (non-hydrogen) atoms. The first-order chi connectivity index (χ1) is 20.5. The number of thioether (sulfide) groups is 1. The Hall–Kier alpha value is -3.27. The summed E-state index contributed by atoms with van der Waals surface area (Å²) < 4.78 is 5.54. The Morgan fingerprint density at radius 2 is 1.93 bits per heavy atom. The minimum atomic E-state index is -1.35. The van der Waals surface area contributed by atoms with Crippen molar-refractivity contribution < 1.29 is 68.6 Å². The zero-order valence-corrected chi connectivity index (χ0v) is 27.0. The summed E-state index contributed by atoms with van der Waals surface area (Å²) in [7, 11) is 0. The van der Waals surface area contributed by atoms with Crippen LogP contribution in [0.5, 0.6) is 0 Å². The van der Waals surface area contributed by atoms with Crippen LogP contribution in [0.2, 0.25) is 0 Å². The van der Waals surface area contributed by atoms with Crippen molar-refractivity contribution in [2.45, 2.75) is 50.3 Å². The molecule has 226 valence electrons. The topological polar surface area (TPSA) is 191 Å². The van der Waals surface area contributed by atoms with Gasteiger partial charge in [-0.1, -0.05) is 19.1 Å². The number of aliphatic hydroxyl groups is 1. The second-order valence-electron chi connectivity index (χ2n) is 10.8. The van der Waals surface area contributed by atoms with E-state index in [9.17, 15) is 39.5 Å². The van der Waals surface area contributed by atoms with Crippen LogP contribution in [0.1, 0.15) is 36.2 Å². The van der Waals surface area contributed by atoms with Crippen molar-refractivity contribution in [1.82, 2.24) is 10.2 Å². The Kier molecular flexibility index (Phi) is 10.5. The number of hydrogen-bond acceptors (Lipinski definition) is 11. The molecule has 0 radical (unpaired) electrons. The molecule has 0 aromatic heterocycles. The number of anilines is 1. The molecule has 0 aliphatic carbocycles. The largest absolute Gasteiger partial charge is 1.00 e. The average Bonchev–Trinajstić information content (AvgIpc) is 3.53. The SMILES string of the molecule is C[C@@H](O)[C@H]1C(=O)N2C(C(=O)OCc3ccc([N+](=O)[O-])cc3)=C(S[C@@H]3CN[C@H](C(=O)Nc4cccc(C(=O)[O-])c4)C3)[C@H](C)[C@H]12.[Na+]. The van der Waals surface area contributed by atoms with E-state index in [1.807, 2.05) is 6.92 Å². The summed E-state index contributed by atoms with van der Waals surface area (Å²) in [5.74, 6) is -3.73. The van der Waals surface area contributed by atoms with E-state index in [1.165, 1.54) is 66.1 Å². The number of carboxylic acid groups (broad SMARTS) is 1. The first-order valence-corrected chi connectivity index (χ1v) is 14.5. The maximum absolute atomic E-state index is 13.4. The third-order valence-electron chi connectivity index (χ3n) is 7.89. The molecule has 0 spiro atoms. The van der Waals surface area contributed by atoms with Crippen molar-refractivity contribution in [1.29, 1.82) is 0 Å². The zero-order chi connectivity index (χ0) is 31.0. The van der Waals surface area contributed by atoms with E-state index in [2.05, 4.69) is 10.6 Å². The minimum absolute atomic E-state index is 0. The number of hydrogen-bond donors (Lipinski definition) is 3. The zero-order valence-electron chi connectivity index (χ0n) is 24.2. The number of non-ortho nitro benzene ring substituents is 1. The number of nitrogens with one attached hydrogen (secondary N) is 2. The van der Waals surface area contributed by atoms with Crippen LogP contribution in [0, 0.1) is 22.0 Å². The second kappa shape index (κ2) is 13.8. The maximum atomic E-state index is 13.4. The minimum Gasteiger partial charge on any atom is -0.545 e. The molecule has 2 aromatic rings. The number of carbonyl (C=O) groups excluding carboxylic acids is 4. The van der Waals surface area contributed by atoms with Crippen LogP contribution in [0.4, 0.5) is 11.4 Å². The van der Waals surface area contributed by atoms with E-state index < -0.39 is 41.0 Å². The monoisotopic (exact) mass is 632 g/mol.